The van der Waals surface area contributed by atoms with Crippen LogP contribution < -0.4 is 5.32 Å². The molecule has 0 bridgehead atoms. The fourth-order valence-corrected chi connectivity index (χ4v) is 2.18. The standard InChI is InChI=1S/C17H18ClNO/c1-12-6-8-15(9-7-12)13(2)19-17(20)16-5-3-4-14(10-16)11-18/h3-10,13H,11H2,1-2H3,(H,19,20). The zero-order valence-corrected chi connectivity index (χ0v) is 12.4. The van der Waals surface area contributed by atoms with Crippen molar-refractivity contribution in [3.05, 3.63) is 70.8 Å². The van der Waals surface area contributed by atoms with Crippen LogP contribution in [0.4, 0.5) is 0 Å². The first-order chi connectivity index (χ1) is 9.60. The maximum absolute atomic E-state index is 12.2. The molecule has 1 atom stereocenters. The lowest BCUT2D eigenvalue weighted by molar-refractivity contribution is 0.0940. The lowest BCUT2D eigenvalue weighted by Crippen LogP contribution is -2.26. The third-order valence-electron chi connectivity index (χ3n) is 3.27. The molecule has 1 unspecified atom stereocenters. The Morgan fingerprint density at radius 2 is 1.90 bits per heavy atom. The minimum atomic E-state index is -0.0787. The van der Waals surface area contributed by atoms with Gasteiger partial charge in [-0.05, 0) is 37.1 Å². The van der Waals surface area contributed by atoms with Crippen LogP contribution in [0, 0.1) is 6.92 Å². The first kappa shape index (κ1) is 14.6. The molecule has 2 aromatic carbocycles. The Bertz CT molecular complexity index is 592. The van der Waals surface area contributed by atoms with Gasteiger partial charge in [0.05, 0.1) is 6.04 Å². The SMILES string of the molecule is Cc1ccc(C(C)NC(=O)c2cccc(CCl)c2)cc1. The highest BCUT2D eigenvalue weighted by Gasteiger charge is 2.11. The van der Waals surface area contributed by atoms with Gasteiger partial charge in [-0.3, -0.25) is 4.79 Å². The number of benzene rings is 2. The summed E-state index contributed by atoms with van der Waals surface area (Å²) in [6, 6.07) is 15.5. The third kappa shape index (κ3) is 3.61. The fraction of sp³-hybridized carbons (Fsp3) is 0.235. The van der Waals surface area contributed by atoms with E-state index >= 15 is 0 Å². The summed E-state index contributed by atoms with van der Waals surface area (Å²) in [6.07, 6.45) is 0. The van der Waals surface area contributed by atoms with Crippen LogP contribution in [-0.2, 0) is 5.88 Å². The number of carbonyl (C=O) groups excluding carboxylic acids is 1. The number of amides is 1. The van der Waals surface area contributed by atoms with Crippen molar-refractivity contribution in [2.45, 2.75) is 25.8 Å². The smallest absolute Gasteiger partial charge is 0.251 e. The van der Waals surface area contributed by atoms with Crippen molar-refractivity contribution in [1.82, 2.24) is 5.32 Å². The molecule has 2 rings (SSSR count). The van der Waals surface area contributed by atoms with E-state index in [1.54, 1.807) is 6.07 Å². The van der Waals surface area contributed by atoms with Crippen molar-refractivity contribution in [2.75, 3.05) is 0 Å². The molecule has 2 aromatic rings. The molecule has 0 spiro atoms. The van der Waals surface area contributed by atoms with Gasteiger partial charge in [-0.25, -0.2) is 0 Å². The average Bonchev–Trinajstić information content (AvgIpc) is 2.47. The van der Waals surface area contributed by atoms with Gasteiger partial charge in [0.1, 0.15) is 0 Å². The number of hydrogen-bond acceptors (Lipinski definition) is 1. The lowest BCUT2D eigenvalue weighted by Gasteiger charge is -2.15. The highest BCUT2D eigenvalue weighted by Crippen LogP contribution is 2.15. The average molecular weight is 288 g/mol. The molecule has 0 heterocycles. The quantitative estimate of drug-likeness (QED) is 0.838. The molecule has 0 saturated carbocycles. The van der Waals surface area contributed by atoms with Gasteiger partial charge in [0, 0.05) is 11.4 Å². The predicted octanol–water partition coefficient (Wildman–Crippen LogP) is 4.22. The van der Waals surface area contributed by atoms with Crippen LogP contribution in [0.2, 0.25) is 0 Å². The molecule has 0 saturated heterocycles. The number of hydrogen-bond donors (Lipinski definition) is 1. The summed E-state index contributed by atoms with van der Waals surface area (Å²) in [5.41, 5.74) is 3.89. The van der Waals surface area contributed by atoms with Gasteiger partial charge in [0.25, 0.3) is 5.91 Å². The lowest BCUT2D eigenvalue weighted by atomic mass is 10.1. The van der Waals surface area contributed by atoms with Crippen molar-refractivity contribution in [2.24, 2.45) is 0 Å². The zero-order valence-electron chi connectivity index (χ0n) is 11.7. The molecule has 1 amide bonds. The number of carbonyl (C=O) groups is 1. The summed E-state index contributed by atoms with van der Waals surface area (Å²) in [5.74, 6) is 0.333. The number of nitrogens with one attached hydrogen (secondary N) is 1. The second-order valence-corrected chi connectivity index (χ2v) is 5.21. The second-order valence-electron chi connectivity index (χ2n) is 4.94. The van der Waals surface area contributed by atoms with Gasteiger partial charge < -0.3 is 5.32 Å². The van der Waals surface area contributed by atoms with Crippen LogP contribution in [0.25, 0.3) is 0 Å². The maximum Gasteiger partial charge on any atom is 0.251 e. The number of halogens is 1. The monoisotopic (exact) mass is 287 g/mol. The molecule has 0 aliphatic carbocycles. The summed E-state index contributed by atoms with van der Waals surface area (Å²) in [4.78, 5) is 12.2. The minimum Gasteiger partial charge on any atom is -0.346 e. The van der Waals surface area contributed by atoms with Gasteiger partial charge in [-0.1, -0.05) is 42.0 Å². The van der Waals surface area contributed by atoms with E-state index < -0.39 is 0 Å². The highest BCUT2D eigenvalue weighted by atomic mass is 35.5. The van der Waals surface area contributed by atoms with Crippen LogP contribution in [0.5, 0.6) is 0 Å². The van der Waals surface area contributed by atoms with E-state index in [1.807, 2.05) is 56.3 Å². The molecule has 1 N–H and O–H groups in total. The van der Waals surface area contributed by atoms with E-state index in [2.05, 4.69) is 5.32 Å². The highest BCUT2D eigenvalue weighted by molar-refractivity contribution is 6.17. The number of alkyl halides is 1. The van der Waals surface area contributed by atoms with Gasteiger partial charge in [0.2, 0.25) is 0 Å². The predicted molar refractivity (Wildman–Crippen MR) is 83.1 cm³/mol. The molecule has 3 heteroatoms. The Labute approximate surface area is 124 Å². The summed E-state index contributed by atoms with van der Waals surface area (Å²) in [5, 5.41) is 3.00. The van der Waals surface area contributed by atoms with Gasteiger partial charge in [-0.15, -0.1) is 11.6 Å². The summed E-state index contributed by atoms with van der Waals surface area (Å²) in [7, 11) is 0. The molecular formula is C17H18ClNO. The normalized spacial score (nSPS) is 11.9. The van der Waals surface area contributed by atoms with E-state index in [0.717, 1.165) is 11.1 Å². The van der Waals surface area contributed by atoms with Crippen molar-refractivity contribution >= 4 is 17.5 Å². The molecule has 0 aliphatic heterocycles. The Kier molecular flexibility index (Phi) is 4.80. The molecule has 2 nitrogen and oxygen atoms in total. The van der Waals surface area contributed by atoms with Gasteiger partial charge in [0.15, 0.2) is 0 Å². The molecule has 20 heavy (non-hydrogen) atoms. The molecule has 0 radical (unpaired) electrons. The van der Waals surface area contributed by atoms with Crippen molar-refractivity contribution in [3.8, 4) is 0 Å². The van der Waals surface area contributed by atoms with E-state index in [-0.39, 0.29) is 11.9 Å². The minimum absolute atomic E-state index is 0.0252. The van der Waals surface area contributed by atoms with Crippen LogP contribution in [0.15, 0.2) is 48.5 Å². The number of rotatable bonds is 4. The second kappa shape index (κ2) is 6.58. The molecule has 104 valence electrons. The van der Waals surface area contributed by atoms with Gasteiger partial charge >= 0.3 is 0 Å². The summed E-state index contributed by atoms with van der Waals surface area (Å²) >= 11 is 5.79. The van der Waals surface area contributed by atoms with Crippen molar-refractivity contribution in [3.63, 3.8) is 0 Å². The largest absolute Gasteiger partial charge is 0.346 e. The van der Waals surface area contributed by atoms with E-state index in [0.29, 0.717) is 11.4 Å². The van der Waals surface area contributed by atoms with E-state index in [9.17, 15) is 4.79 Å². The molecule has 0 aromatic heterocycles. The first-order valence-corrected chi connectivity index (χ1v) is 7.16. The Morgan fingerprint density at radius 1 is 1.20 bits per heavy atom. The van der Waals surface area contributed by atoms with Crippen LogP contribution in [0.1, 0.15) is 40.0 Å². The number of aryl methyl sites for hydroxylation is 1. The third-order valence-corrected chi connectivity index (χ3v) is 3.58. The first-order valence-electron chi connectivity index (χ1n) is 6.62. The van der Waals surface area contributed by atoms with Crippen molar-refractivity contribution in [1.29, 1.82) is 0 Å². The molecule has 0 aliphatic rings. The zero-order chi connectivity index (χ0) is 14.5. The maximum atomic E-state index is 12.2. The van der Waals surface area contributed by atoms with Crippen LogP contribution >= 0.6 is 11.6 Å². The molecule has 0 fully saturated rings. The van der Waals surface area contributed by atoms with Crippen LogP contribution in [-0.4, -0.2) is 5.91 Å². The van der Waals surface area contributed by atoms with Gasteiger partial charge in [-0.2, -0.15) is 0 Å². The van der Waals surface area contributed by atoms with Crippen LogP contribution in [0.3, 0.4) is 0 Å². The molecular weight excluding hydrogens is 270 g/mol. The fourth-order valence-electron chi connectivity index (χ4n) is 2.01. The van der Waals surface area contributed by atoms with Crippen molar-refractivity contribution < 1.29 is 4.79 Å². The summed E-state index contributed by atoms with van der Waals surface area (Å²) in [6.45, 7) is 4.03. The topological polar surface area (TPSA) is 29.1 Å². The van der Waals surface area contributed by atoms with E-state index in [4.69, 9.17) is 11.6 Å². The Balaban J connectivity index is 2.08. The summed E-state index contributed by atoms with van der Waals surface area (Å²) < 4.78 is 0. The van der Waals surface area contributed by atoms with E-state index in [1.165, 1.54) is 5.56 Å². The Hall–Kier alpha value is -1.80. The Morgan fingerprint density at radius 3 is 2.55 bits per heavy atom.